The van der Waals surface area contributed by atoms with Gasteiger partial charge in [-0.1, -0.05) is 18.2 Å². The molecule has 0 aliphatic heterocycles. The summed E-state index contributed by atoms with van der Waals surface area (Å²) in [5, 5.41) is 14.4. The molecule has 0 spiro atoms. The summed E-state index contributed by atoms with van der Waals surface area (Å²) in [5.74, 6) is 0.964. The minimum Gasteiger partial charge on any atom is -0.316 e. The molecule has 2 aliphatic carbocycles. The first kappa shape index (κ1) is 12.6. The number of nitrogens with zero attached hydrogens (tertiary/aromatic N) is 1. The first-order valence-electron chi connectivity index (χ1n) is 7.14. The SMILES string of the molecule is O=[N+]([O-])c1ccccc1CCNCC1(C2CC2)CC1. The lowest BCUT2D eigenvalue weighted by Crippen LogP contribution is -2.27. The largest absolute Gasteiger partial charge is 0.316 e. The third-order valence-electron chi connectivity index (χ3n) is 4.57. The van der Waals surface area contributed by atoms with Crippen LogP contribution in [0.4, 0.5) is 5.69 Å². The van der Waals surface area contributed by atoms with Crippen molar-refractivity contribution in [3.05, 3.63) is 39.9 Å². The van der Waals surface area contributed by atoms with E-state index < -0.39 is 0 Å². The van der Waals surface area contributed by atoms with Gasteiger partial charge in [0.2, 0.25) is 0 Å². The van der Waals surface area contributed by atoms with E-state index in [0.29, 0.717) is 5.41 Å². The molecule has 3 rings (SSSR count). The maximum atomic E-state index is 10.9. The Balaban J connectivity index is 1.48. The van der Waals surface area contributed by atoms with E-state index in [1.807, 2.05) is 12.1 Å². The van der Waals surface area contributed by atoms with Gasteiger partial charge in [-0.25, -0.2) is 0 Å². The minimum atomic E-state index is -0.290. The van der Waals surface area contributed by atoms with Crippen molar-refractivity contribution in [1.82, 2.24) is 5.32 Å². The van der Waals surface area contributed by atoms with Crippen LogP contribution in [0.5, 0.6) is 0 Å². The molecule has 0 unspecified atom stereocenters. The lowest BCUT2D eigenvalue weighted by Gasteiger charge is -2.14. The van der Waals surface area contributed by atoms with Crippen molar-refractivity contribution in [2.75, 3.05) is 13.1 Å². The lowest BCUT2D eigenvalue weighted by atomic mass is 10.0. The highest BCUT2D eigenvalue weighted by Gasteiger charge is 2.53. The molecule has 0 bridgehead atoms. The van der Waals surface area contributed by atoms with Crippen LogP contribution in [0.2, 0.25) is 0 Å². The fraction of sp³-hybridized carbons (Fsp3) is 0.600. The molecule has 0 atom stereocenters. The van der Waals surface area contributed by atoms with Crippen LogP contribution in [-0.4, -0.2) is 18.0 Å². The Hall–Kier alpha value is -1.42. The van der Waals surface area contributed by atoms with Crippen LogP contribution in [0, 0.1) is 21.4 Å². The number of hydrogen-bond donors (Lipinski definition) is 1. The first-order valence-corrected chi connectivity index (χ1v) is 7.14. The highest BCUT2D eigenvalue weighted by atomic mass is 16.6. The summed E-state index contributed by atoms with van der Waals surface area (Å²) in [6.45, 7) is 1.93. The topological polar surface area (TPSA) is 55.2 Å². The van der Waals surface area contributed by atoms with E-state index in [1.54, 1.807) is 12.1 Å². The smallest absolute Gasteiger partial charge is 0.272 e. The van der Waals surface area contributed by atoms with E-state index in [-0.39, 0.29) is 10.6 Å². The standard InChI is InChI=1S/C15H20N2O2/c18-17(19)14-4-2-1-3-12(14)7-10-16-11-15(8-9-15)13-5-6-13/h1-4,13,16H,5-11H2. The van der Waals surface area contributed by atoms with Crippen molar-refractivity contribution in [3.8, 4) is 0 Å². The normalized spacial score (nSPS) is 20.2. The second kappa shape index (κ2) is 4.93. The molecule has 0 radical (unpaired) electrons. The number of nitrogens with one attached hydrogen (secondary N) is 1. The van der Waals surface area contributed by atoms with Crippen LogP contribution in [0.3, 0.4) is 0 Å². The summed E-state index contributed by atoms with van der Waals surface area (Å²) < 4.78 is 0. The van der Waals surface area contributed by atoms with E-state index in [1.165, 1.54) is 25.7 Å². The zero-order valence-corrected chi connectivity index (χ0v) is 11.1. The van der Waals surface area contributed by atoms with Gasteiger partial charge in [-0.05, 0) is 50.0 Å². The Kier molecular flexibility index (Phi) is 3.27. The molecule has 1 N–H and O–H groups in total. The molecule has 0 heterocycles. The lowest BCUT2D eigenvalue weighted by molar-refractivity contribution is -0.385. The van der Waals surface area contributed by atoms with Gasteiger partial charge in [0.15, 0.2) is 0 Å². The van der Waals surface area contributed by atoms with Gasteiger partial charge in [0.25, 0.3) is 5.69 Å². The molecule has 1 aromatic rings. The van der Waals surface area contributed by atoms with Crippen molar-refractivity contribution in [2.24, 2.45) is 11.3 Å². The fourth-order valence-electron chi connectivity index (χ4n) is 3.05. The summed E-state index contributed by atoms with van der Waals surface area (Å²) in [6.07, 6.45) is 6.29. The number of benzene rings is 1. The van der Waals surface area contributed by atoms with Crippen molar-refractivity contribution < 1.29 is 4.92 Å². The summed E-state index contributed by atoms with van der Waals surface area (Å²) >= 11 is 0. The zero-order chi connectivity index (χ0) is 13.3. The summed E-state index contributed by atoms with van der Waals surface area (Å²) in [5.41, 5.74) is 1.67. The van der Waals surface area contributed by atoms with Crippen molar-refractivity contribution in [2.45, 2.75) is 32.1 Å². The molecular weight excluding hydrogens is 240 g/mol. The molecular formula is C15H20N2O2. The molecule has 4 heteroatoms. The maximum Gasteiger partial charge on any atom is 0.272 e. The molecule has 102 valence electrons. The summed E-state index contributed by atoms with van der Waals surface area (Å²) in [6, 6.07) is 7.03. The Morgan fingerprint density at radius 2 is 2.05 bits per heavy atom. The number of nitro groups is 1. The number of para-hydroxylation sites is 1. The first-order chi connectivity index (χ1) is 9.21. The molecule has 2 fully saturated rings. The van der Waals surface area contributed by atoms with E-state index >= 15 is 0 Å². The predicted molar refractivity (Wildman–Crippen MR) is 74.1 cm³/mol. The molecule has 2 saturated carbocycles. The van der Waals surface area contributed by atoms with E-state index in [2.05, 4.69) is 5.32 Å². The predicted octanol–water partition coefficient (Wildman–Crippen LogP) is 2.92. The monoisotopic (exact) mass is 260 g/mol. The van der Waals surface area contributed by atoms with Crippen LogP contribution in [0.25, 0.3) is 0 Å². The molecule has 0 saturated heterocycles. The average Bonchev–Trinajstić information content (AvgIpc) is 3.27. The van der Waals surface area contributed by atoms with Gasteiger partial charge >= 0.3 is 0 Å². The summed E-state index contributed by atoms with van der Waals surface area (Å²) in [7, 11) is 0. The van der Waals surface area contributed by atoms with Gasteiger partial charge < -0.3 is 5.32 Å². The van der Waals surface area contributed by atoms with Gasteiger partial charge in [0, 0.05) is 18.2 Å². The van der Waals surface area contributed by atoms with Crippen molar-refractivity contribution >= 4 is 5.69 Å². The minimum absolute atomic E-state index is 0.243. The van der Waals surface area contributed by atoms with Crippen LogP contribution in [0.15, 0.2) is 24.3 Å². The van der Waals surface area contributed by atoms with Gasteiger partial charge in [0.05, 0.1) is 4.92 Å². The van der Waals surface area contributed by atoms with E-state index in [0.717, 1.165) is 31.0 Å². The molecule has 0 amide bonds. The van der Waals surface area contributed by atoms with Crippen molar-refractivity contribution in [1.29, 1.82) is 0 Å². The second-order valence-electron chi connectivity index (χ2n) is 5.95. The molecule has 1 aromatic carbocycles. The second-order valence-corrected chi connectivity index (χ2v) is 5.95. The maximum absolute atomic E-state index is 10.9. The van der Waals surface area contributed by atoms with Gasteiger partial charge in [-0.3, -0.25) is 10.1 Å². The van der Waals surface area contributed by atoms with Crippen LogP contribution in [0.1, 0.15) is 31.2 Å². The van der Waals surface area contributed by atoms with Crippen LogP contribution >= 0.6 is 0 Å². The van der Waals surface area contributed by atoms with E-state index in [4.69, 9.17) is 0 Å². The molecule has 0 aromatic heterocycles. The molecule has 19 heavy (non-hydrogen) atoms. The van der Waals surface area contributed by atoms with Gasteiger partial charge in [-0.15, -0.1) is 0 Å². The highest BCUT2D eigenvalue weighted by molar-refractivity contribution is 5.39. The average molecular weight is 260 g/mol. The third-order valence-corrected chi connectivity index (χ3v) is 4.57. The number of rotatable bonds is 7. The number of nitro benzene ring substituents is 1. The van der Waals surface area contributed by atoms with Gasteiger partial charge in [-0.2, -0.15) is 0 Å². The highest BCUT2D eigenvalue weighted by Crippen LogP contribution is 2.60. The third kappa shape index (κ3) is 2.78. The van der Waals surface area contributed by atoms with Crippen molar-refractivity contribution in [3.63, 3.8) is 0 Å². The molecule has 2 aliphatic rings. The Morgan fingerprint density at radius 3 is 2.68 bits per heavy atom. The molecule has 4 nitrogen and oxygen atoms in total. The summed E-state index contributed by atoms with van der Waals surface area (Å²) in [4.78, 5) is 10.6. The quantitative estimate of drug-likeness (QED) is 0.466. The van der Waals surface area contributed by atoms with E-state index in [9.17, 15) is 10.1 Å². The Labute approximate surface area is 113 Å². The zero-order valence-electron chi connectivity index (χ0n) is 11.1. The fourth-order valence-corrected chi connectivity index (χ4v) is 3.05. The van der Waals surface area contributed by atoms with Gasteiger partial charge in [0.1, 0.15) is 0 Å². The number of hydrogen-bond acceptors (Lipinski definition) is 3. The Bertz CT molecular complexity index is 479. The van der Waals surface area contributed by atoms with Crippen LogP contribution < -0.4 is 5.32 Å². The van der Waals surface area contributed by atoms with Crippen LogP contribution in [-0.2, 0) is 6.42 Å². The Morgan fingerprint density at radius 1 is 1.32 bits per heavy atom.